The van der Waals surface area contributed by atoms with Gasteiger partial charge in [-0.1, -0.05) is 43.3 Å². The van der Waals surface area contributed by atoms with Crippen molar-refractivity contribution < 1.29 is 4.74 Å². The van der Waals surface area contributed by atoms with Crippen molar-refractivity contribution >= 4 is 11.3 Å². The SMILES string of the molecule is CC1(C)C[C@H](NCC[C@@](C)(c2ccccc2)c2cccs2)CCO1. The Morgan fingerprint density at radius 3 is 2.67 bits per heavy atom. The van der Waals surface area contributed by atoms with Gasteiger partial charge in [-0.05, 0) is 56.7 Å². The van der Waals surface area contributed by atoms with Gasteiger partial charge in [-0.2, -0.15) is 0 Å². The van der Waals surface area contributed by atoms with Gasteiger partial charge in [-0.25, -0.2) is 0 Å². The zero-order valence-electron chi connectivity index (χ0n) is 15.0. The van der Waals surface area contributed by atoms with Crippen LogP contribution in [-0.4, -0.2) is 24.8 Å². The molecule has 1 saturated heterocycles. The molecule has 2 aromatic rings. The monoisotopic (exact) mass is 343 g/mol. The molecule has 0 saturated carbocycles. The van der Waals surface area contributed by atoms with Gasteiger partial charge < -0.3 is 10.1 Å². The lowest BCUT2D eigenvalue weighted by molar-refractivity contribution is -0.0628. The van der Waals surface area contributed by atoms with Crippen molar-refractivity contribution in [3.63, 3.8) is 0 Å². The Labute approximate surface area is 150 Å². The highest BCUT2D eigenvalue weighted by atomic mass is 32.1. The van der Waals surface area contributed by atoms with E-state index in [2.05, 4.69) is 73.9 Å². The van der Waals surface area contributed by atoms with Crippen LogP contribution in [0.15, 0.2) is 47.8 Å². The fourth-order valence-electron chi connectivity index (χ4n) is 3.74. The molecule has 24 heavy (non-hydrogen) atoms. The van der Waals surface area contributed by atoms with Gasteiger partial charge in [0.15, 0.2) is 0 Å². The molecule has 130 valence electrons. The first-order valence-electron chi connectivity index (χ1n) is 8.96. The van der Waals surface area contributed by atoms with Gasteiger partial charge in [-0.15, -0.1) is 11.3 Å². The highest BCUT2D eigenvalue weighted by Crippen LogP contribution is 2.37. The van der Waals surface area contributed by atoms with E-state index in [0.717, 1.165) is 32.4 Å². The molecule has 0 spiro atoms. The molecule has 3 heteroatoms. The van der Waals surface area contributed by atoms with Crippen LogP contribution >= 0.6 is 11.3 Å². The molecule has 1 aliphatic rings. The number of thiophene rings is 1. The second-order valence-corrected chi connectivity index (χ2v) is 8.63. The van der Waals surface area contributed by atoms with E-state index < -0.39 is 0 Å². The molecule has 0 unspecified atom stereocenters. The number of rotatable bonds is 6. The minimum absolute atomic E-state index is 0.00635. The summed E-state index contributed by atoms with van der Waals surface area (Å²) in [7, 11) is 0. The van der Waals surface area contributed by atoms with Crippen molar-refractivity contribution in [3.05, 3.63) is 58.3 Å². The Kier molecular flexibility index (Phi) is 5.43. The highest BCUT2D eigenvalue weighted by molar-refractivity contribution is 7.10. The highest BCUT2D eigenvalue weighted by Gasteiger charge is 2.31. The molecule has 2 heterocycles. The van der Waals surface area contributed by atoms with E-state index in [1.54, 1.807) is 0 Å². The molecule has 0 bridgehead atoms. The summed E-state index contributed by atoms with van der Waals surface area (Å²) in [5, 5.41) is 5.97. The minimum Gasteiger partial charge on any atom is -0.375 e. The molecule has 2 nitrogen and oxygen atoms in total. The van der Waals surface area contributed by atoms with Gasteiger partial charge in [0.2, 0.25) is 0 Å². The van der Waals surface area contributed by atoms with Crippen molar-refractivity contribution in [1.29, 1.82) is 0 Å². The quantitative estimate of drug-likeness (QED) is 0.797. The molecular weight excluding hydrogens is 314 g/mol. The molecular formula is C21H29NOS. The molecule has 1 aliphatic heterocycles. The lowest BCUT2D eigenvalue weighted by atomic mass is 9.78. The van der Waals surface area contributed by atoms with Crippen LogP contribution in [0.2, 0.25) is 0 Å². The maximum absolute atomic E-state index is 5.83. The molecule has 1 aromatic heterocycles. The van der Waals surface area contributed by atoms with E-state index in [9.17, 15) is 0 Å². The topological polar surface area (TPSA) is 21.3 Å². The summed E-state index contributed by atoms with van der Waals surface area (Å²) >= 11 is 1.86. The Morgan fingerprint density at radius 2 is 2.00 bits per heavy atom. The maximum atomic E-state index is 5.83. The second-order valence-electron chi connectivity index (χ2n) is 7.68. The first kappa shape index (κ1) is 17.7. The third-order valence-corrected chi connectivity index (χ3v) is 6.36. The van der Waals surface area contributed by atoms with Gasteiger partial charge >= 0.3 is 0 Å². The van der Waals surface area contributed by atoms with E-state index in [1.807, 2.05) is 11.3 Å². The van der Waals surface area contributed by atoms with Crippen molar-refractivity contribution in [1.82, 2.24) is 5.32 Å². The lowest BCUT2D eigenvalue weighted by Gasteiger charge is -2.37. The average molecular weight is 344 g/mol. The Bertz CT molecular complexity index is 623. The normalized spacial score (nSPS) is 22.9. The summed E-state index contributed by atoms with van der Waals surface area (Å²) in [6, 6.07) is 15.9. The van der Waals surface area contributed by atoms with Crippen molar-refractivity contribution in [3.8, 4) is 0 Å². The minimum atomic E-state index is 0.00635. The van der Waals surface area contributed by atoms with Gasteiger partial charge in [0.1, 0.15) is 0 Å². The van der Waals surface area contributed by atoms with Crippen LogP contribution in [-0.2, 0) is 10.2 Å². The van der Waals surface area contributed by atoms with Crippen molar-refractivity contribution in [2.45, 2.75) is 57.1 Å². The standard InChI is InChI=1S/C21H29NOS/c1-20(2)16-18(11-14-23-20)22-13-12-21(3,19-10-7-15-24-19)17-8-5-4-6-9-17/h4-10,15,18,22H,11-14,16H2,1-3H3/t18-,21+/m1/s1. The predicted octanol–water partition coefficient (Wildman–Crippen LogP) is 4.99. The molecule has 1 aromatic carbocycles. The number of nitrogens with one attached hydrogen (secondary N) is 1. The van der Waals surface area contributed by atoms with Gasteiger partial charge in [-0.3, -0.25) is 0 Å². The largest absolute Gasteiger partial charge is 0.375 e. The molecule has 3 rings (SSSR count). The van der Waals surface area contributed by atoms with E-state index in [0.29, 0.717) is 6.04 Å². The smallest absolute Gasteiger partial charge is 0.0641 e. The molecule has 2 atom stereocenters. The van der Waals surface area contributed by atoms with Crippen LogP contribution in [0.4, 0.5) is 0 Å². The maximum Gasteiger partial charge on any atom is 0.0641 e. The van der Waals surface area contributed by atoms with Crippen molar-refractivity contribution in [2.75, 3.05) is 13.2 Å². The summed E-state index contributed by atoms with van der Waals surface area (Å²) in [6.07, 6.45) is 3.31. The summed E-state index contributed by atoms with van der Waals surface area (Å²) in [6.45, 7) is 8.67. The fourth-order valence-corrected chi connectivity index (χ4v) is 4.68. The third-order valence-electron chi connectivity index (χ3n) is 5.23. The molecule has 1 N–H and O–H groups in total. The average Bonchev–Trinajstić information content (AvgIpc) is 3.10. The van der Waals surface area contributed by atoms with Gasteiger partial charge in [0, 0.05) is 22.9 Å². The van der Waals surface area contributed by atoms with Crippen LogP contribution < -0.4 is 5.32 Å². The van der Waals surface area contributed by atoms with Crippen LogP contribution in [0.3, 0.4) is 0 Å². The zero-order chi connectivity index (χ0) is 17.0. The Morgan fingerprint density at radius 1 is 1.21 bits per heavy atom. The summed E-state index contributed by atoms with van der Waals surface area (Å²) in [5.41, 5.74) is 1.48. The zero-order valence-corrected chi connectivity index (χ0v) is 15.9. The number of hydrogen-bond acceptors (Lipinski definition) is 3. The van der Waals surface area contributed by atoms with Gasteiger partial charge in [0.25, 0.3) is 0 Å². The summed E-state index contributed by atoms with van der Waals surface area (Å²) in [5.74, 6) is 0. The third kappa shape index (κ3) is 4.08. The van der Waals surface area contributed by atoms with Crippen LogP contribution in [0.5, 0.6) is 0 Å². The Balaban J connectivity index is 1.67. The molecule has 1 fully saturated rings. The van der Waals surface area contributed by atoms with E-state index in [-0.39, 0.29) is 11.0 Å². The molecule has 0 radical (unpaired) electrons. The van der Waals surface area contributed by atoms with Gasteiger partial charge in [0.05, 0.1) is 5.60 Å². The summed E-state index contributed by atoms with van der Waals surface area (Å²) in [4.78, 5) is 1.45. The predicted molar refractivity (Wildman–Crippen MR) is 103 cm³/mol. The lowest BCUT2D eigenvalue weighted by Crippen LogP contribution is -2.44. The first-order valence-corrected chi connectivity index (χ1v) is 9.84. The second kappa shape index (κ2) is 7.38. The summed E-state index contributed by atoms with van der Waals surface area (Å²) < 4.78 is 5.83. The molecule has 0 amide bonds. The van der Waals surface area contributed by atoms with Crippen molar-refractivity contribution in [2.24, 2.45) is 0 Å². The Hall–Kier alpha value is -1.16. The van der Waals surface area contributed by atoms with Crippen LogP contribution in [0.25, 0.3) is 0 Å². The van der Waals surface area contributed by atoms with E-state index >= 15 is 0 Å². The van der Waals surface area contributed by atoms with Crippen LogP contribution in [0.1, 0.15) is 50.5 Å². The number of hydrogen-bond donors (Lipinski definition) is 1. The first-order chi connectivity index (χ1) is 11.5. The number of ether oxygens (including phenoxy) is 1. The van der Waals surface area contributed by atoms with E-state index in [1.165, 1.54) is 10.4 Å². The van der Waals surface area contributed by atoms with Crippen LogP contribution in [0, 0.1) is 0 Å². The van der Waals surface area contributed by atoms with E-state index in [4.69, 9.17) is 4.74 Å². The molecule has 0 aliphatic carbocycles. The number of benzene rings is 1. The fraction of sp³-hybridized carbons (Fsp3) is 0.524.